The van der Waals surface area contributed by atoms with Crippen molar-refractivity contribution in [1.82, 2.24) is 9.13 Å². The standard InChI is InChI=1S/C32H24Cl3N3O3S/c1-3-41-31(40)28-18(2)36-32-38(29(28)20-9-11-22(33)12-10-20)30(39)27(42-32)15-21-17-37(26-7-5-4-6-23(21)26)16-19-8-13-24(34)25(35)14-19/h4-15,17,29H,3,16H2,1-2H3/b27-15+/t29-/m1/s1. The lowest BCUT2D eigenvalue weighted by atomic mass is 9.96. The third kappa shape index (κ3) is 5.22. The lowest BCUT2D eigenvalue weighted by molar-refractivity contribution is -0.139. The average molecular weight is 637 g/mol. The highest BCUT2D eigenvalue weighted by Crippen LogP contribution is 2.31. The molecule has 1 aliphatic heterocycles. The van der Waals surface area contributed by atoms with Gasteiger partial charge in [-0.3, -0.25) is 9.36 Å². The van der Waals surface area contributed by atoms with Crippen LogP contribution in [-0.4, -0.2) is 21.7 Å². The number of carbonyl (C=O) groups is 1. The Morgan fingerprint density at radius 1 is 1.05 bits per heavy atom. The van der Waals surface area contributed by atoms with Gasteiger partial charge in [0.15, 0.2) is 4.80 Å². The van der Waals surface area contributed by atoms with Gasteiger partial charge < -0.3 is 9.30 Å². The Hall–Kier alpha value is -3.62. The third-order valence-corrected chi connectivity index (χ3v) is 9.12. The summed E-state index contributed by atoms with van der Waals surface area (Å²) < 4.78 is 9.58. The van der Waals surface area contributed by atoms with Gasteiger partial charge in [0.2, 0.25) is 0 Å². The van der Waals surface area contributed by atoms with Crippen LogP contribution >= 0.6 is 46.1 Å². The molecule has 1 atom stereocenters. The Labute approximate surface area is 260 Å². The van der Waals surface area contributed by atoms with E-state index in [0.717, 1.165) is 27.6 Å². The number of hydrogen-bond acceptors (Lipinski definition) is 5. The number of nitrogens with zero attached hydrogens (tertiary/aromatic N) is 3. The molecule has 6 rings (SSSR count). The molecule has 2 aromatic heterocycles. The van der Waals surface area contributed by atoms with Crippen molar-refractivity contribution in [2.45, 2.75) is 26.4 Å². The summed E-state index contributed by atoms with van der Waals surface area (Å²) in [5.74, 6) is -0.502. The van der Waals surface area contributed by atoms with Gasteiger partial charge in [-0.2, -0.15) is 0 Å². The van der Waals surface area contributed by atoms with Gasteiger partial charge in [0.05, 0.1) is 38.5 Å². The number of aromatic nitrogens is 2. The van der Waals surface area contributed by atoms with Gasteiger partial charge in [0.25, 0.3) is 5.56 Å². The first-order valence-corrected chi connectivity index (χ1v) is 15.2. The quantitative estimate of drug-likeness (QED) is 0.194. The Morgan fingerprint density at radius 3 is 2.55 bits per heavy atom. The fraction of sp³-hybridized carbons (Fsp3) is 0.156. The molecule has 0 spiro atoms. The van der Waals surface area contributed by atoms with E-state index in [1.807, 2.05) is 60.8 Å². The number of allylic oxidation sites excluding steroid dienone is 1. The summed E-state index contributed by atoms with van der Waals surface area (Å²) in [5, 5.41) is 2.56. The van der Waals surface area contributed by atoms with Crippen LogP contribution in [0.5, 0.6) is 0 Å². The molecule has 0 radical (unpaired) electrons. The first-order valence-electron chi connectivity index (χ1n) is 13.2. The van der Waals surface area contributed by atoms with Gasteiger partial charge >= 0.3 is 5.97 Å². The molecule has 6 nitrogen and oxygen atoms in total. The van der Waals surface area contributed by atoms with Crippen molar-refractivity contribution < 1.29 is 9.53 Å². The fourth-order valence-electron chi connectivity index (χ4n) is 5.25. The van der Waals surface area contributed by atoms with E-state index < -0.39 is 12.0 Å². The monoisotopic (exact) mass is 635 g/mol. The van der Waals surface area contributed by atoms with E-state index in [1.54, 1.807) is 36.6 Å². The molecule has 42 heavy (non-hydrogen) atoms. The first-order chi connectivity index (χ1) is 20.2. The van der Waals surface area contributed by atoms with Crippen LogP contribution in [0.25, 0.3) is 17.0 Å². The van der Waals surface area contributed by atoms with E-state index in [4.69, 9.17) is 39.5 Å². The number of hydrogen-bond donors (Lipinski definition) is 0. The van der Waals surface area contributed by atoms with E-state index >= 15 is 0 Å². The molecule has 0 unspecified atom stereocenters. The van der Waals surface area contributed by atoms with E-state index in [9.17, 15) is 9.59 Å². The van der Waals surface area contributed by atoms with Gasteiger partial charge in [-0.1, -0.05) is 82.5 Å². The molecule has 0 bridgehead atoms. The van der Waals surface area contributed by atoms with Crippen LogP contribution in [0.3, 0.4) is 0 Å². The molecule has 0 fully saturated rings. The second-order valence-corrected chi connectivity index (χ2v) is 12.1. The molecular weight excluding hydrogens is 613 g/mol. The fourth-order valence-corrected chi connectivity index (χ4v) is 6.73. The van der Waals surface area contributed by atoms with E-state index in [2.05, 4.69) is 9.56 Å². The van der Waals surface area contributed by atoms with Gasteiger partial charge in [0.1, 0.15) is 0 Å². The molecule has 0 aliphatic carbocycles. The van der Waals surface area contributed by atoms with E-state index in [1.165, 1.54) is 11.3 Å². The maximum atomic E-state index is 14.1. The molecule has 3 aromatic carbocycles. The van der Waals surface area contributed by atoms with Crippen LogP contribution in [0.4, 0.5) is 0 Å². The van der Waals surface area contributed by atoms with Crippen LogP contribution < -0.4 is 14.9 Å². The minimum atomic E-state index is -0.698. The highest BCUT2D eigenvalue weighted by Gasteiger charge is 2.33. The molecule has 5 aromatic rings. The smallest absolute Gasteiger partial charge is 0.338 e. The minimum absolute atomic E-state index is 0.208. The van der Waals surface area contributed by atoms with Crippen molar-refractivity contribution in [3.63, 3.8) is 0 Å². The number of benzene rings is 3. The summed E-state index contributed by atoms with van der Waals surface area (Å²) in [5.41, 5.74) is 4.25. The third-order valence-electron chi connectivity index (χ3n) is 7.15. The van der Waals surface area contributed by atoms with Crippen molar-refractivity contribution in [1.29, 1.82) is 0 Å². The molecule has 3 heterocycles. The van der Waals surface area contributed by atoms with Gasteiger partial charge in [-0.25, -0.2) is 9.79 Å². The molecule has 0 amide bonds. The Balaban J connectivity index is 1.50. The maximum Gasteiger partial charge on any atom is 0.338 e. The van der Waals surface area contributed by atoms with Crippen molar-refractivity contribution in [3.8, 4) is 0 Å². The van der Waals surface area contributed by atoms with Crippen LogP contribution in [0.1, 0.15) is 36.6 Å². The number of para-hydroxylation sites is 1. The highest BCUT2D eigenvalue weighted by molar-refractivity contribution is 7.07. The van der Waals surface area contributed by atoms with Crippen LogP contribution in [0.15, 0.2) is 94.0 Å². The zero-order chi connectivity index (χ0) is 29.5. The molecule has 0 saturated carbocycles. The van der Waals surface area contributed by atoms with Gasteiger partial charge in [-0.15, -0.1) is 0 Å². The first kappa shape index (κ1) is 28.5. The maximum absolute atomic E-state index is 14.1. The van der Waals surface area contributed by atoms with Gasteiger partial charge in [-0.05, 0) is 61.4 Å². The van der Waals surface area contributed by atoms with Crippen molar-refractivity contribution in [2.75, 3.05) is 6.61 Å². The van der Waals surface area contributed by atoms with Crippen LogP contribution in [0.2, 0.25) is 15.1 Å². The predicted molar refractivity (Wildman–Crippen MR) is 169 cm³/mol. The number of carbonyl (C=O) groups excluding carboxylic acids is 1. The zero-order valence-corrected chi connectivity index (χ0v) is 25.7. The summed E-state index contributed by atoms with van der Waals surface area (Å²) in [4.78, 5) is 32.3. The second-order valence-electron chi connectivity index (χ2n) is 9.83. The van der Waals surface area contributed by atoms with Crippen molar-refractivity contribution in [2.24, 2.45) is 4.99 Å². The molecule has 0 N–H and O–H groups in total. The van der Waals surface area contributed by atoms with Crippen molar-refractivity contribution >= 4 is 69.1 Å². The second kappa shape index (κ2) is 11.6. The zero-order valence-electron chi connectivity index (χ0n) is 22.6. The van der Waals surface area contributed by atoms with Crippen LogP contribution in [-0.2, 0) is 16.1 Å². The SMILES string of the molecule is CCOC(=O)C1=C(C)N=c2s/c(=C/c3cn(Cc4ccc(Cl)c(Cl)c4)c4ccccc34)c(=O)n2[C@@H]1c1ccc(Cl)cc1. The normalized spacial score (nSPS) is 15.2. The lowest BCUT2D eigenvalue weighted by Crippen LogP contribution is -2.39. The number of fused-ring (bicyclic) bond motifs is 2. The molecule has 1 aliphatic rings. The number of halogens is 3. The largest absolute Gasteiger partial charge is 0.463 e. The summed E-state index contributed by atoms with van der Waals surface area (Å²) >= 11 is 19.8. The van der Waals surface area contributed by atoms with E-state index in [-0.39, 0.29) is 12.2 Å². The summed E-state index contributed by atoms with van der Waals surface area (Å²) in [6.45, 7) is 4.30. The predicted octanol–water partition coefficient (Wildman–Crippen LogP) is 6.76. The topological polar surface area (TPSA) is 65.6 Å². The summed E-state index contributed by atoms with van der Waals surface area (Å²) in [7, 11) is 0. The number of rotatable bonds is 6. The number of thiazole rings is 1. The highest BCUT2D eigenvalue weighted by atomic mass is 35.5. The minimum Gasteiger partial charge on any atom is -0.463 e. The van der Waals surface area contributed by atoms with Gasteiger partial charge in [0, 0.05) is 34.2 Å². The Bertz CT molecular complexity index is 2070. The van der Waals surface area contributed by atoms with Crippen molar-refractivity contribution in [3.05, 3.63) is 136 Å². The summed E-state index contributed by atoms with van der Waals surface area (Å²) in [6.07, 6.45) is 3.91. The number of ether oxygens (including phenoxy) is 1. The average Bonchev–Trinajstić information content (AvgIpc) is 3.47. The Kier molecular flexibility index (Phi) is 7.85. The van der Waals surface area contributed by atoms with Crippen LogP contribution in [0, 0.1) is 0 Å². The molecular formula is C32H24Cl3N3O3S. The molecule has 212 valence electrons. The summed E-state index contributed by atoms with van der Waals surface area (Å²) in [6, 6.07) is 20.0. The molecule has 0 saturated heterocycles. The lowest BCUT2D eigenvalue weighted by Gasteiger charge is -2.24. The van der Waals surface area contributed by atoms with E-state index in [0.29, 0.717) is 42.2 Å². The molecule has 10 heteroatoms. The number of esters is 1. The Morgan fingerprint density at radius 2 is 1.81 bits per heavy atom.